The van der Waals surface area contributed by atoms with Crippen molar-refractivity contribution in [1.82, 2.24) is 4.72 Å². The summed E-state index contributed by atoms with van der Waals surface area (Å²) in [7, 11) is -3.86. The van der Waals surface area contributed by atoms with E-state index in [1.54, 1.807) is 13.8 Å². The second-order valence-corrected chi connectivity index (χ2v) is 5.97. The van der Waals surface area contributed by atoms with E-state index in [0.717, 1.165) is 6.07 Å². The quantitative estimate of drug-likeness (QED) is 0.362. The van der Waals surface area contributed by atoms with E-state index >= 15 is 0 Å². The molecule has 0 bridgehead atoms. The molecule has 1 aromatic rings. The highest BCUT2D eigenvalue weighted by atomic mass is 32.2. The van der Waals surface area contributed by atoms with Crippen LogP contribution in [-0.4, -0.2) is 32.6 Å². The predicted octanol–water partition coefficient (Wildman–Crippen LogP) is 0.584. The molecule has 1 aromatic carbocycles. The lowest BCUT2D eigenvalue weighted by Crippen LogP contribution is -2.32. The molecule has 10 heteroatoms. The number of hydrogen-bond donors (Lipinski definition) is 3. The van der Waals surface area contributed by atoms with Gasteiger partial charge in [-0.25, -0.2) is 13.1 Å². The van der Waals surface area contributed by atoms with Crippen LogP contribution in [0.25, 0.3) is 0 Å². The summed E-state index contributed by atoms with van der Waals surface area (Å²) in [6.07, 6.45) is -0.301. The molecule has 1 atom stereocenters. The van der Waals surface area contributed by atoms with Gasteiger partial charge in [0.1, 0.15) is 5.69 Å². The van der Waals surface area contributed by atoms with E-state index in [1.807, 2.05) is 0 Å². The summed E-state index contributed by atoms with van der Waals surface area (Å²) in [5, 5.41) is 10.9. The summed E-state index contributed by atoms with van der Waals surface area (Å²) in [4.78, 5) is 9.96. The van der Waals surface area contributed by atoms with Crippen molar-refractivity contribution < 1.29 is 18.1 Å². The lowest BCUT2D eigenvalue weighted by atomic mass is 10.3. The first-order chi connectivity index (χ1) is 9.81. The highest BCUT2D eigenvalue weighted by Gasteiger charge is 2.21. The Morgan fingerprint density at radius 2 is 2.14 bits per heavy atom. The Bertz CT molecular complexity index is 605. The molecule has 1 unspecified atom stereocenters. The van der Waals surface area contributed by atoms with Gasteiger partial charge >= 0.3 is 0 Å². The van der Waals surface area contributed by atoms with Crippen molar-refractivity contribution in [3.8, 4) is 0 Å². The summed E-state index contributed by atoms with van der Waals surface area (Å²) >= 11 is 0. The second kappa shape index (κ2) is 7.31. The van der Waals surface area contributed by atoms with E-state index in [9.17, 15) is 18.5 Å². The van der Waals surface area contributed by atoms with Crippen LogP contribution < -0.4 is 16.0 Å². The number of nitrogens with two attached hydrogens (primary N) is 1. The lowest BCUT2D eigenvalue weighted by molar-refractivity contribution is -0.384. The number of nitrogen functional groups attached to an aromatic ring is 1. The normalized spacial score (nSPS) is 12.9. The largest absolute Gasteiger partial charge is 0.377 e. The van der Waals surface area contributed by atoms with Crippen molar-refractivity contribution in [1.29, 1.82) is 0 Å². The zero-order chi connectivity index (χ0) is 16.0. The molecule has 118 valence electrons. The molecule has 0 aliphatic carbocycles. The van der Waals surface area contributed by atoms with Gasteiger partial charge < -0.3 is 10.2 Å². The van der Waals surface area contributed by atoms with Crippen LogP contribution in [0.2, 0.25) is 0 Å². The van der Waals surface area contributed by atoms with Gasteiger partial charge in [-0.15, -0.1) is 0 Å². The third-order valence-corrected chi connectivity index (χ3v) is 4.06. The van der Waals surface area contributed by atoms with Crippen molar-refractivity contribution in [2.45, 2.75) is 24.8 Å². The number of nitrogens with one attached hydrogen (secondary N) is 2. The van der Waals surface area contributed by atoms with Gasteiger partial charge in [0, 0.05) is 19.2 Å². The molecule has 21 heavy (non-hydrogen) atoms. The standard InChI is InChI=1S/C11H18N4O5S/c1-3-20-8(2)7-13-21(18,19)9-4-5-10(14-12)11(6-9)15(16)17/h4-6,8,13-14H,3,7,12H2,1-2H3. The van der Waals surface area contributed by atoms with Crippen LogP contribution in [0.4, 0.5) is 11.4 Å². The van der Waals surface area contributed by atoms with Gasteiger partial charge in [-0.2, -0.15) is 0 Å². The predicted molar refractivity (Wildman–Crippen MR) is 77.2 cm³/mol. The molecule has 0 fully saturated rings. The zero-order valence-corrected chi connectivity index (χ0v) is 12.5. The molecule has 0 saturated carbocycles. The molecular formula is C11H18N4O5S. The highest BCUT2D eigenvalue weighted by Crippen LogP contribution is 2.26. The Morgan fingerprint density at radius 3 is 2.67 bits per heavy atom. The van der Waals surface area contributed by atoms with Gasteiger partial charge in [0.15, 0.2) is 0 Å². The van der Waals surface area contributed by atoms with E-state index in [2.05, 4.69) is 10.1 Å². The molecule has 0 amide bonds. The second-order valence-electron chi connectivity index (χ2n) is 4.20. The van der Waals surface area contributed by atoms with Gasteiger partial charge in [0.05, 0.1) is 15.9 Å². The van der Waals surface area contributed by atoms with Gasteiger partial charge in [0.2, 0.25) is 10.0 Å². The molecule has 0 aliphatic heterocycles. The topological polar surface area (TPSA) is 137 Å². The Morgan fingerprint density at radius 1 is 1.48 bits per heavy atom. The van der Waals surface area contributed by atoms with Crippen molar-refractivity contribution >= 4 is 21.4 Å². The van der Waals surface area contributed by atoms with Gasteiger partial charge in [0.25, 0.3) is 5.69 Å². The smallest absolute Gasteiger partial charge is 0.294 e. The Hall–Kier alpha value is -1.75. The number of sulfonamides is 1. The number of hydrazine groups is 1. The van der Waals surface area contributed by atoms with Crippen molar-refractivity contribution in [2.75, 3.05) is 18.6 Å². The number of nitro benzene ring substituents is 1. The van der Waals surface area contributed by atoms with E-state index in [4.69, 9.17) is 10.6 Å². The number of benzene rings is 1. The van der Waals surface area contributed by atoms with Gasteiger partial charge in [-0.1, -0.05) is 0 Å². The third-order valence-electron chi connectivity index (χ3n) is 2.64. The average molecular weight is 318 g/mol. The fourth-order valence-electron chi connectivity index (χ4n) is 1.61. The first kappa shape index (κ1) is 17.3. The summed E-state index contributed by atoms with van der Waals surface area (Å²) in [5.74, 6) is 5.14. The van der Waals surface area contributed by atoms with Crippen LogP contribution in [0.3, 0.4) is 0 Å². The van der Waals surface area contributed by atoms with E-state index in [0.29, 0.717) is 6.61 Å². The summed E-state index contributed by atoms with van der Waals surface area (Å²) in [6, 6.07) is 3.41. The zero-order valence-electron chi connectivity index (χ0n) is 11.7. The molecule has 0 radical (unpaired) electrons. The van der Waals surface area contributed by atoms with Crippen molar-refractivity contribution in [3.05, 3.63) is 28.3 Å². The van der Waals surface area contributed by atoms with Crippen LogP contribution in [0.1, 0.15) is 13.8 Å². The minimum absolute atomic E-state index is 0.0293. The summed E-state index contributed by atoms with van der Waals surface area (Å²) in [6.45, 7) is 4.05. The lowest BCUT2D eigenvalue weighted by Gasteiger charge is -2.13. The number of nitrogens with zero attached hydrogens (tertiary/aromatic N) is 1. The summed E-state index contributed by atoms with van der Waals surface area (Å²) in [5.41, 5.74) is 1.76. The van der Waals surface area contributed by atoms with Crippen molar-refractivity contribution in [3.63, 3.8) is 0 Å². The minimum atomic E-state index is -3.86. The van der Waals surface area contributed by atoms with Crippen molar-refractivity contribution in [2.24, 2.45) is 5.84 Å². The van der Waals surface area contributed by atoms with Crippen LogP contribution in [-0.2, 0) is 14.8 Å². The number of anilines is 1. The van der Waals surface area contributed by atoms with E-state index < -0.39 is 20.6 Å². The Kier molecular flexibility index (Phi) is 6.03. The first-order valence-corrected chi connectivity index (χ1v) is 7.66. The maximum absolute atomic E-state index is 12.1. The highest BCUT2D eigenvalue weighted by molar-refractivity contribution is 7.89. The van der Waals surface area contributed by atoms with Crippen LogP contribution in [0.5, 0.6) is 0 Å². The van der Waals surface area contributed by atoms with Crippen LogP contribution in [0.15, 0.2) is 23.1 Å². The third kappa shape index (κ3) is 4.63. The number of ether oxygens (including phenoxy) is 1. The molecule has 0 aliphatic rings. The summed E-state index contributed by atoms with van der Waals surface area (Å²) < 4.78 is 31.7. The average Bonchev–Trinajstić information content (AvgIpc) is 2.44. The Balaban J connectivity index is 2.98. The SMILES string of the molecule is CCOC(C)CNS(=O)(=O)c1ccc(NN)c([N+](=O)[O-])c1. The minimum Gasteiger partial charge on any atom is -0.377 e. The van der Waals surface area contributed by atoms with E-state index in [-0.39, 0.29) is 23.2 Å². The van der Waals surface area contributed by atoms with Gasteiger partial charge in [-0.3, -0.25) is 16.0 Å². The molecule has 4 N–H and O–H groups in total. The fraction of sp³-hybridized carbons (Fsp3) is 0.455. The maximum atomic E-state index is 12.1. The monoisotopic (exact) mass is 318 g/mol. The first-order valence-electron chi connectivity index (χ1n) is 6.18. The molecule has 0 spiro atoms. The number of hydrogen-bond acceptors (Lipinski definition) is 7. The molecule has 0 saturated heterocycles. The maximum Gasteiger partial charge on any atom is 0.294 e. The Labute approximate surface area is 122 Å². The molecular weight excluding hydrogens is 300 g/mol. The molecule has 1 rings (SSSR count). The fourth-order valence-corrected chi connectivity index (χ4v) is 2.74. The van der Waals surface area contributed by atoms with Gasteiger partial charge in [-0.05, 0) is 26.0 Å². The van der Waals surface area contributed by atoms with E-state index in [1.165, 1.54) is 12.1 Å². The number of rotatable bonds is 8. The number of nitro groups is 1. The molecule has 0 heterocycles. The molecule has 0 aromatic heterocycles. The van der Waals surface area contributed by atoms with Crippen LogP contribution in [0, 0.1) is 10.1 Å². The van der Waals surface area contributed by atoms with Crippen LogP contribution >= 0.6 is 0 Å². The molecule has 9 nitrogen and oxygen atoms in total.